The van der Waals surface area contributed by atoms with E-state index >= 15 is 0 Å². The first-order chi connectivity index (χ1) is 10.4. The third kappa shape index (κ3) is 3.91. The van der Waals surface area contributed by atoms with Crippen LogP contribution < -0.4 is 5.32 Å². The lowest BCUT2D eigenvalue weighted by molar-refractivity contribution is 0.173. The molecule has 0 radical (unpaired) electrons. The quantitative estimate of drug-likeness (QED) is 0.868. The topological polar surface area (TPSA) is 41.6 Å². The Balaban J connectivity index is 1.93. The van der Waals surface area contributed by atoms with E-state index in [1.54, 1.807) is 0 Å². The van der Waals surface area contributed by atoms with Crippen LogP contribution >= 0.6 is 0 Å². The summed E-state index contributed by atoms with van der Waals surface area (Å²) in [4.78, 5) is 13.4. The van der Waals surface area contributed by atoms with Crippen molar-refractivity contribution < 1.29 is 22.7 Å². The van der Waals surface area contributed by atoms with Crippen molar-refractivity contribution in [2.45, 2.75) is 25.9 Å². The number of amides is 2. The summed E-state index contributed by atoms with van der Waals surface area (Å²) in [6, 6.07) is 1.36. The first-order valence-corrected chi connectivity index (χ1v) is 7.11. The minimum Gasteiger partial charge on any atom is -0.381 e. The molecule has 0 aromatic heterocycles. The van der Waals surface area contributed by atoms with Crippen LogP contribution in [0.4, 0.5) is 18.0 Å². The molecule has 1 saturated heterocycles. The van der Waals surface area contributed by atoms with Gasteiger partial charge in [-0.05, 0) is 31.0 Å². The Bertz CT molecular complexity index is 525. The maximum absolute atomic E-state index is 13.2. The highest BCUT2D eigenvalue weighted by Crippen LogP contribution is 2.17. The summed E-state index contributed by atoms with van der Waals surface area (Å²) >= 11 is 0. The second kappa shape index (κ2) is 7.00. The highest BCUT2D eigenvalue weighted by molar-refractivity contribution is 5.74. The lowest BCUT2D eigenvalue weighted by Crippen LogP contribution is -2.44. The van der Waals surface area contributed by atoms with Crippen molar-refractivity contribution >= 4 is 6.03 Å². The molecule has 0 saturated carbocycles. The van der Waals surface area contributed by atoms with Gasteiger partial charge in [0.05, 0.1) is 6.61 Å². The fourth-order valence-electron chi connectivity index (χ4n) is 2.41. The molecule has 1 aliphatic heterocycles. The Morgan fingerprint density at radius 2 is 2.05 bits per heavy atom. The van der Waals surface area contributed by atoms with E-state index in [0.29, 0.717) is 13.2 Å². The van der Waals surface area contributed by atoms with Crippen molar-refractivity contribution in [3.63, 3.8) is 0 Å². The molecule has 1 aromatic carbocycles. The molecule has 22 heavy (non-hydrogen) atoms. The van der Waals surface area contributed by atoms with Crippen LogP contribution in [0.1, 0.15) is 18.9 Å². The predicted molar refractivity (Wildman–Crippen MR) is 74.7 cm³/mol. The highest BCUT2D eigenvalue weighted by atomic mass is 19.2. The molecule has 2 atom stereocenters. The standard InChI is InChI=1S/C15H19F3N2O2/c1-9(11-3-4-22-8-11)19-15(21)20(2)7-10-5-12(16)14(18)13(17)6-10/h5-6,9,11H,3-4,7-8H2,1-2H3,(H,19,21)/t9-,11+/m1/s1. The van der Waals surface area contributed by atoms with Crippen LogP contribution in [0.15, 0.2) is 12.1 Å². The molecular weight excluding hydrogens is 297 g/mol. The van der Waals surface area contributed by atoms with E-state index in [-0.39, 0.29) is 30.1 Å². The molecule has 122 valence electrons. The average Bonchev–Trinajstić information content (AvgIpc) is 2.98. The van der Waals surface area contributed by atoms with Gasteiger partial charge >= 0.3 is 6.03 Å². The number of carbonyl (C=O) groups is 1. The van der Waals surface area contributed by atoms with E-state index in [0.717, 1.165) is 18.6 Å². The minimum atomic E-state index is -1.51. The maximum Gasteiger partial charge on any atom is 0.317 e. The summed E-state index contributed by atoms with van der Waals surface area (Å²) in [5, 5.41) is 2.83. The molecular formula is C15H19F3N2O2. The van der Waals surface area contributed by atoms with Crippen LogP contribution in [0.5, 0.6) is 0 Å². The van der Waals surface area contributed by atoms with Gasteiger partial charge in [0.15, 0.2) is 17.5 Å². The van der Waals surface area contributed by atoms with Gasteiger partial charge in [0.1, 0.15) is 0 Å². The number of hydrogen-bond acceptors (Lipinski definition) is 2. The lowest BCUT2D eigenvalue weighted by atomic mass is 10.0. The van der Waals surface area contributed by atoms with Crippen molar-refractivity contribution in [1.82, 2.24) is 10.2 Å². The summed E-state index contributed by atoms with van der Waals surface area (Å²) < 4.78 is 44.5. The monoisotopic (exact) mass is 316 g/mol. The van der Waals surface area contributed by atoms with Crippen LogP contribution in [-0.2, 0) is 11.3 Å². The SMILES string of the molecule is C[C@@H](NC(=O)N(C)Cc1cc(F)c(F)c(F)c1)[C@H]1CCOC1. The van der Waals surface area contributed by atoms with Crippen molar-refractivity contribution in [1.29, 1.82) is 0 Å². The van der Waals surface area contributed by atoms with Gasteiger partial charge in [-0.25, -0.2) is 18.0 Å². The molecule has 1 N–H and O–H groups in total. The summed E-state index contributed by atoms with van der Waals surface area (Å²) in [6.45, 7) is 3.17. The Kier molecular flexibility index (Phi) is 5.28. The molecule has 0 spiro atoms. The average molecular weight is 316 g/mol. The number of halogens is 3. The van der Waals surface area contributed by atoms with Gasteiger partial charge in [-0.15, -0.1) is 0 Å². The Morgan fingerprint density at radius 1 is 1.41 bits per heavy atom. The molecule has 1 fully saturated rings. The van der Waals surface area contributed by atoms with Crippen LogP contribution in [0.25, 0.3) is 0 Å². The van der Waals surface area contributed by atoms with Crippen molar-refractivity contribution in [3.05, 3.63) is 35.1 Å². The molecule has 0 bridgehead atoms. The molecule has 0 aliphatic carbocycles. The molecule has 1 aliphatic rings. The molecule has 2 rings (SSSR count). The number of nitrogens with zero attached hydrogens (tertiary/aromatic N) is 1. The van der Waals surface area contributed by atoms with Gasteiger partial charge < -0.3 is 15.0 Å². The van der Waals surface area contributed by atoms with Gasteiger partial charge in [0.2, 0.25) is 0 Å². The fourth-order valence-corrected chi connectivity index (χ4v) is 2.41. The minimum absolute atomic E-state index is 0.0200. The number of benzene rings is 1. The van der Waals surface area contributed by atoms with E-state index < -0.39 is 17.5 Å². The van der Waals surface area contributed by atoms with E-state index in [1.807, 2.05) is 6.92 Å². The normalized spacial score (nSPS) is 19.0. The molecule has 1 heterocycles. The Morgan fingerprint density at radius 3 is 2.59 bits per heavy atom. The first kappa shape index (κ1) is 16.6. The summed E-state index contributed by atoms with van der Waals surface area (Å²) in [7, 11) is 1.51. The van der Waals surface area contributed by atoms with E-state index in [2.05, 4.69) is 5.32 Å². The number of nitrogens with one attached hydrogen (secondary N) is 1. The van der Waals surface area contributed by atoms with Gasteiger partial charge in [0.25, 0.3) is 0 Å². The van der Waals surface area contributed by atoms with E-state index in [9.17, 15) is 18.0 Å². The summed E-state index contributed by atoms with van der Waals surface area (Å²) in [5.74, 6) is -3.77. The number of urea groups is 1. The second-order valence-electron chi connectivity index (χ2n) is 5.59. The summed E-state index contributed by atoms with van der Waals surface area (Å²) in [5.41, 5.74) is 0.186. The van der Waals surface area contributed by atoms with Crippen molar-refractivity contribution in [2.24, 2.45) is 5.92 Å². The number of hydrogen-bond donors (Lipinski definition) is 1. The van der Waals surface area contributed by atoms with E-state index in [1.165, 1.54) is 11.9 Å². The number of rotatable bonds is 4. The third-order valence-electron chi connectivity index (χ3n) is 3.83. The van der Waals surface area contributed by atoms with Gasteiger partial charge in [0, 0.05) is 32.2 Å². The lowest BCUT2D eigenvalue weighted by Gasteiger charge is -2.24. The molecule has 2 amide bonds. The van der Waals surface area contributed by atoms with E-state index in [4.69, 9.17) is 4.74 Å². The smallest absolute Gasteiger partial charge is 0.317 e. The van der Waals surface area contributed by atoms with Crippen molar-refractivity contribution in [3.8, 4) is 0 Å². The zero-order chi connectivity index (χ0) is 16.3. The zero-order valence-corrected chi connectivity index (χ0v) is 12.5. The first-order valence-electron chi connectivity index (χ1n) is 7.11. The second-order valence-corrected chi connectivity index (χ2v) is 5.59. The molecule has 1 aromatic rings. The fraction of sp³-hybridized carbons (Fsp3) is 0.533. The zero-order valence-electron chi connectivity index (χ0n) is 12.5. The largest absolute Gasteiger partial charge is 0.381 e. The van der Waals surface area contributed by atoms with Crippen LogP contribution in [0, 0.1) is 23.4 Å². The van der Waals surface area contributed by atoms with Gasteiger partial charge in [-0.1, -0.05) is 0 Å². The number of carbonyl (C=O) groups excluding carboxylic acids is 1. The van der Waals surface area contributed by atoms with Crippen molar-refractivity contribution in [2.75, 3.05) is 20.3 Å². The van der Waals surface area contributed by atoms with Gasteiger partial charge in [-0.3, -0.25) is 0 Å². The molecule has 4 nitrogen and oxygen atoms in total. The predicted octanol–water partition coefficient (Wildman–Crippen LogP) is 2.67. The van der Waals surface area contributed by atoms with Crippen LogP contribution in [-0.4, -0.2) is 37.2 Å². The third-order valence-corrected chi connectivity index (χ3v) is 3.83. The molecule has 0 unspecified atom stereocenters. The number of ether oxygens (including phenoxy) is 1. The van der Waals surface area contributed by atoms with Crippen LogP contribution in [0.2, 0.25) is 0 Å². The Hall–Kier alpha value is -1.76. The van der Waals surface area contributed by atoms with Gasteiger partial charge in [-0.2, -0.15) is 0 Å². The van der Waals surface area contributed by atoms with Crippen LogP contribution in [0.3, 0.4) is 0 Å². The maximum atomic E-state index is 13.2. The Labute approximate surface area is 127 Å². The molecule has 7 heteroatoms. The highest BCUT2D eigenvalue weighted by Gasteiger charge is 2.24. The summed E-state index contributed by atoms with van der Waals surface area (Å²) in [6.07, 6.45) is 0.888.